The first-order valence-electron chi connectivity index (χ1n) is 6.31. The van der Waals surface area contributed by atoms with Crippen molar-refractivity contribution < 1.29 is 18.4 Å². The van der Waals surface area contributed by atoms with Gasteiger partial charge in [-0.25, -0.2) is 0 Å². The molecule has 0 amide bonds. The zero-order valence-electron chi connectivity index (χ0n) is 11.8. The number of nitrogens with two attached hydrogens (primary N) is 1. The van der Waals surface area contributed by atoms with Crippen molar-refractivity contribution >= 4 is 16.7 Å². The molecule has 2 aromatic rings. The Morgan fingerprint density at radius 1 is 1.45 bits per heavy atom. The molecule has 0 saturated carbocycles. The lowest BCUT2D eigenvalue weighted by molar-refractivity contribution is -0.136. The van der Waals surface area contributed by atoms with Crippen molar-refractivity contribution in [1.82, 2.24) is 4.57 Å². The van der Waals surface area contributed by atoms with E-state index in [2.05, 4.69) is 5.16 Å². The van der Waals surface area contributed by atoms with Crippen LogP contribution in [0, 0.1) is 18.3 Å². The molecule has 22 heavy (non-hydrogen) atoms. The van der Waals surface area contributed by atoms with Gasteiger partial charge in [-0.3, -0.25) is 0 Å². The second-order valence-electron chi connectivity index (χ2n) is 4.89. The number of aromatic nitrogens is 1. The quantitative estimate of drug-likeness (QED) is 0.386. The summed E-state index contributed by atoms with van der Waals surface area (Å²) in [5.74, 6) is -0.126. The Labute approximate surface area is 124 Å². The summed E-state index contributed by atoms with van der Waals surface area (Å²) in [4.78, 5) is 0. The summed E-state index contributed by atoms with van der Waals surface area (Å²) in [5.41, 5.74) is 4.92. The van der Waals surface area contributed by atoms with Crippen LogP contribution in [0.4, 0.5) is 13.2 Å². The van der Waals surface area contributed by atoms with Gasteiger partial charge in [-0.05, 0) is 32.0 Å². The lowest BCUT2D eigenvalue weighted by Gasteiger charge is -2.17. The van der Waals surface area contributed by atoms with E-state index in [-0.39, 0.29) is 16.7 Å². The van der Waals surface area contributed by atoms with Crippen LogP contribution in [0.25, 0.3) is 10.9 Å². The van der Waals surface area contributed by atoms with Crippen LogP contribution in [0.3, 0.4) is 0 Å². The zero-order valence-corrected chi connectivity index (χ0v) is 11.8. The molecular formula is C14H13F3N4O. The van der Waals surface area contributed by atoms with E-state index in [0.717, 1.165) is 6.07 Å². The number of alkyl halides is 3. The summed E-state index contributed by atoms with van der Waals surface area (Å²) in [7, 11) is 0. The summed E-state index contributed by atoms with van der Waals surface area (Å²) in [6.07, 6.45) is -4.65. The minimum atomic E-state index is -4.65. The third-order valence-corrected chi connectivity index (χ3v) is 3.55. The predicted molar refractivity (Wildman–Crippen MR) is 74.5 cm³/mol. The molecule has 3 N–H and O–H groups in total. The molecule has 1 unspecified atom stereocenters. The number of amidine groups is 1. The first-order chi connectivity index (χ1) is 10.2. The molecule has 1 aromatic carbocycles. The van der Waals surface area contributed by atoms with Crippen LogP contribution in [-0.2, 0) is 6.18 Å². The van der Waals surface area contributed by atoms with E-state index in [1.807, 2.05) is 0 Å². The monoisotopic (exact) mass is 310 g/mol. The van der Waals surface area contributed by atoms with E-state index >= 15 is 0 Å². The molecule has 5 nitrogen and oxygen atoms in total. The third-order valence-electron chi connectivity index (χ3n) is 3.55. The van der Waals surface area contributed by atoms with Crippen LogP contribution >= 0.6 is 0 Å². The smallest absolute Gasteiger partial charge is 0.409 e. The maximum atomic E-state index is 13.3. The molecule has 2 rings (SSSR count). The second-order valence-corrected chi connectivity index (χ2v) is 4.89. The van der Waals surface area contributed by atoms with Crippen molar-refractivity contribution in [1.29, 1.82) is 5.26 Å². The third kappa shape index (κ3) is 2.35. The van der Waals surface area contributed by atoms with E-state index in [0.29, 0.717) is 5.69 Å². The second kappa shape index (κ2) is 5.26. The van der Waals surface area contributed by atoms with Gasteiger partial charge < -0.3 is 15.5 Å². The van der Waals surface area contributed by atoms with Crippen molar-refractivity contribution in [2.45, 2.75) is 26.1 Å². The normalized spacial score (nSPS) is 14.1. The Bertz CT molecular complexity index is 799. The van der Waals surface area contributed by atoms with Gasteiger partial charge in [-0.2, -0.15) is 18.4 Å². The number of nitrogens with zero attached hydrogens (tertiary/aromatic N) is 3. The minimum Gasteiger partial charge on any atom is -0.409 e. The zero-order chi connectivity index (χ0) is 16.7. The molecule has 0 saturated heterocycles. The van der Waals surface area contributed by atoms with Gasteiger partial charge in [0.25, 0.3) is 0 Å². The first-order valence-corrected chi connectivity index (χ1v) is 6.31. The molecule has 1 aromatic heterocycles. The average Bonchev–Trinajstić information content (AvgIpc) is 2.78. The standard InChI is InChI=1S/C14H13F3N4O/c1-7-5-10-11(21(7)8(2)13(19)20-22)4-3-9(6-18)12(10)14(15,16)17/h3-5,8,22H,1-2H3,(H2,19,20). The molecule has 0 aliphatic carbocycles. The summed E-state index contributed by atoms with van der Waals surface area (Å²) in [6, 6.07) is 4.84. The van der Waals surface area contributed by atoms with Crippen molar-refractivity contribution in [2.75, 3.05) is 0 Å². The van der Waals surface area contributed by atoms with Crippen molar-refractivity contribution in [3.8, 4) is 6.07 Å². The Morgan fingerprint density at radius 2 is 2.09 bits per heavy atom. The molecule has 8 heteroatoms. The fraction of sp³-hybridized carbons (Fsp3) is 0.286. The Balaban J connectivity index is 2.86. The fourth-order valence-corrected chi connectivity index (χ4v) is 2.56. The van der Waals surface area contributed by atoms with Crippen molar-refractivity contribution in [2.24, 2.45) is 10.9 Å². The number of fused-ring (bicyclic) bond motifs is 1. The van der Waals surface area contributed by atoms with Crippen LogP contribution in [0.2, 0.25) is 0 Å². The number of aryl methyl sites for hydroxylation is 1. The van der Waals surface area contributed by atoms with Crippen molar-refractivity contribution in [3.63, 3.8) is 0 Å². The van der Waals surface area contributed by atoms with Gasteiger partial charge in [0.2, 0.25) is 0 Å². The van der Waals surface area contributed by atoms with Crippen LogP contribution < -0.4 is 5.73 Å². The van der Waals surface area contributed by atoms with E-state index in [9.17, 15) is 13.2 Å². The highest BCUT2D eigenvalue weighted by atomic mass is 19.4. The predicted octanol–water partition coefficient (Wildman–Crippen LogP) is 3.15. The van der Waals surface area contributed by atoms with E-state index in [4.69, 9.17) is 16.2 Å². The highest BCUT2D eigenvalue weighted by Crippen LogP contribution is 2.39. The maximum Gasteiger partial charge on any atom is 0.418 e. The molecular weight excluding hydrogens is 297 g/mol. The average molecular weight is 310 g/mol. The van der Waals surface area contributed by atoms with Crippen LogP contribution in [0.5, 0.6) is 0 Å². The summed E-state index contributed by atoms with van der Waals surface area (Å²) in [5, 5.41) is 20.5. The van der Waals surface area contributed by atoms with Crippen LogP contribution in [0.1, 0.15) is 29.8 Å². The van der Waals surface area contributed by atoms with Gasteiger partial charge in [-0.1, -0.05) is 5.16 Å². The number of oxime groups is 1. The summed E-state index contributed by atoms with van der Waals surface area (Å²) in [6.45, 7) is 3.22. The topological polar surface area (TPSA) is 87.3 Å². The van der Waals surface area contributed by atoms with E-state index < -0.39 is 23.3 Å². The number of hydrogen-bond donors (Lipinski definition) is 2. The molecule has 0 fully saturated rings. The SMILES string of the molecule is Cc1cc2c(C(F)(F)F)c(C#N)ccc2n1C(C)/C(N)=N\O. The number of benzene rings is 1. The van der Waals surface area contributed by atoms with Gasteiger partial charge in [0.05, 0.1) is 23.2 Å². The van der Waals surface area contributed by atoms with E-state index in [1.54, 1.807) is 19.9 Å². The lowest BCUT2D eigenvalue weighted by atomic mass is 10.0. The molecule has 0 radical (unpaired) electrons. The van der Waals surface area contributed by atoms with Crippen LogP contribution in [0.15, 0.2) is 23.4 Å². The highest BCUT2D eigenvalue weighted by molar-refractivity contribution is 5.91. The van der Waals surface area contributed by atoms with Crippen LogP contribution in [-0.4, -0.2) is 15.6 Å². The van der Waals surface area contributed by atoms with Gasteiger partial charge in [0, 0.05) is 16.6 Å². The molecule has 0 bridgehead atoms. The number of halogens is 3. The molecule has 0 aliphatic rings. The lowest BCUT2D eigenvalue weighted by Crippen LogP contribution is -2.25. The van der Waals surface area contributed by atoms with Gasteiger partial charge in [-0.15, -0.1) is 0 Å². The first kappa shape index (κ1) is 15.7. The highest BCUT2D eigenvalue weighted by Gasteiger charge is 2.36. The summed E-state index contributed by atoms with van der Waals surface area (Å²) < 4.78 is 41.4. The Hall–Kier alpha value is -2.69. The number of rotatable bonds is 2. The fourth-order valence-electron chi connectivity index (χ4n) is 2.56. The van der Waals surface area contributed by atoms with Gasteiger partial charge >= 0.3 is 6.18 Å². The molecule has 0 spiro atoms. The van der Waals surface area contributed by atoms with Gasteiger partial charge in [0.1, 0.15) is 0 Å². The number of hydrogen-bond acceptors (Lipinski definition) is 3. The van der Waals surface area contributed by atoms with Crippen molar-refractivity contribution in [3.05, 3.63) is 35.0 Å². The van der Waals surface area contributed by atoms with E-state index in [1.165, 1.54) is 16.7 Å². The molecule has 116 valence electrons. The molecule has 0 aliphatic heterocycles. The number of nitriles is 1. The van der Waals surface area contributed by atoms with Gasteiger partial charge in [0.15, 0.2) is 5.84 Å². The Kier molecular flexibility index (Phi) is 3.75. The molecule has 1 atom stereocenters. The maximum absolute atomic E-state index is 13.3. The Morgan fingerprint density at radius 3 is 2.59 bits per heavy atom. The minimum absolute atomic E-state index is 0.0818. The molecule has 1 heterocycles. The summed E-state index contributed by atoms with van der Waals surface area (Å²) >= 11 is 0. The largest absolute Gasteiger partial charge is 0.418 e.